The summed E-state index contributed by atoms with van der Waals surface area (Å²) in [6, 6.07) is -1.82. The van der Waals surface area contributed by atoms with E-state index in [0.717, 1.165) is 12.8 Å². The molecule has 0 aliphatic carbocycles. The number of rotatable bonds is 5. The van der Waals surface area contributed by atoms with E-state index >= 15 is 0 Å². The predicted octanol–water partition coefficient (Wildman–Crippen LogP) is -0.220. The highest BCUT2D eigenvalue weighted by molar-refractivity contribution is 7.89. The van der Waals surface area contributed by atoms with Crippen LogP contribution in [0, 0.1) is 0 Å². The van der Waals surface area contributed by atoms with Crippen molar-refractivity contribution in [2.45, 2.75) is 45.2 Å². The first-order valence-corrected chi connectivity index (χ1v) is 7.93. The zero-order valence-corrected chi connectivity index (χ0v) is 11.9. The Morgan fingerprint density at radius 1 is 1.42 bits per heavy atom. The summed E-state index contributed by atoms with van der Waals surface area (Å²) in [7, 11) is -3.45. The second kappa shape index (κ2) is 6.33. The number of piperidine rings is 1. The summed E-state index contributed by atoms with van der Waals surface area (Å²) in [5, 5.41) is 11.1. The fourth-order valence-electron chi connectivity index (χ4n) is 2.04. The van der Waals surface area contributed by atoms with Gasteiger partial charge in [-0.3, -0.25) is 9.59 Å². The molecule has 0 saturated carbocycles. The van der Waals surface area contributed by atoms with Crippen LogP contribution in [0.15, 0.2) is 0 Å². The smallest absolute Gasteiger partial charge is 0.325 e. The minimum Gasteiger partial charge on any atom is -0.480 e. The number of nitrogens with one attached hydrogen (secondary N) is 1. The Morgan fingerprint density at radius 2 is 2.05 bits per heavy atom. The number of hydrogen-bond acceptors (Lipinski definition) is 4. The first-order chi connectivity index (χ1) is 8.79. The molecular weight excluding hydrogens is 272 g/mol. The van der Waals surface area contributed by atoms with Gasteiger partial charge in [-0.05, 0) is 26.7 Å². The molecule has 110 valence electrons. The van der Waals surface area contributed by atoms with E-state index < -0.39 is 34.0 Å². The van der Waals surface area contributed by atoms with Crippen molar-refractivity contribution in [3.8, 4) is 0 Å². The molecule has 2 N–H and O–H groups in total. The van der Waals surface area contributed by atoms with Crippen molar-refractivity contribution in [2.75, 3.05) is 12.3 Å². The first-order valence-electron chi connectivity index (χ1n) is 6.32. The molecule has 0 radical (unpaired) electrons. The number of carbonyl (C=O) groups is 2. The summed E-state index contributed by atoms with van der Waals surface area (Å²) in [6.07, 6.45) is 1.91. The molecule has 1 aliphatic rings. The van der Waals surface area contributed by atoms with Crippen LogP contribution in [0.5, 0.6) is 0 Å². The van der Waals surface area contributed by atoms with Crippen molar-refractivity contribution in [3.05, 3.63) is 0 Å². The molecule has 1 rings (SSSR count). The number of hydrogen-bond donors (Lipinski definition) is 2. The Labute approximate surface area is 113 Å². The third-order valence-electron chi connectivity index (χ3n) is 3.21. The highest BCUT2D eigenvalue weighted by atomic mass is 32.2. The lowest BCUT2D eigenvalue weighted by molar-refractivity contribution is -0.142. The minimum absolute atomic E-state index is 0.0642. The molecule has 2 unspecified atom stereocenters. The summed E-state index contributed by atoms with van der Waals surface area (Å²) in [4.78, 5) is 22.7. The van der Waals surface area contributed by atoms with Crippen molar-refractivity contribution in [1.29, 1.82) is 0 Å². The van der Waals surface area contributed by atoms with Gasteiger partial charge in [0, 0.05) is 6.54 Å². The van der Waals surface area contributed by atoms with E-state index in [4.69, 9.17) is 5.11 Å². The maximum Gasteiger partial charge on any atom is 0.325 e. The molecule has 7 nitrogen and oxygen atoms in total. The summed E-state index contributed by atoms with van der Waals surface area (Å²) >= 11 is 0. The van der Waals surface area contributed by atoms with Gasteiger partial charge in [0.15, 0.2) is 0 Å². The van der Waals surface area contributed by atoms with Crippen molar-refractivity contribution >= 4 is 21.9 Å². The first kappa shape index (κ1) is 15.9. The largest absolute Gasteiger partial charge is 0.480 e. The van der Waals surface area contributed by atoms with Gasteiger partial charge in [0.2, 0.25) is 15.9 Å². The average molecular weight is 292 g/mol. The van der Waals surface area contributed by atoms with E-state index in [-0.39, 0.29) is 5.75 Å². The van der Waals surface area contributed by atoms with Gasteiger partial charge in [0.1, 0.15) is 12.1 Å². The lowest BCUT2D eigenvalue weighted by atomic mass is 10.0. The van der Waals surface area contributed by atoms with E-state index in [1.54, 1.807) is 0 Å². The van der Waals surface area contributed by atoms with Gasteiger partial charge in [0.05, 0.1) is 5.75 Å². The van der Waals surface area contributed by atoms with Crippen molar-refractivity contribution in [1.82, 2.24) is 9.62 Å². The summed E-state index contributed by atoms with van der Waals surface area (Å²) < 4.78 is 25.0. The summed E-state index contributed by atoms with van der Waals surface area (Å²) in [6.45, 7) is 3.19. The highest BCUT2D eigenvalue weighted by Crippen LogP contribution is 2.21. The fraction of sp³-hybridized carbons (Fsp3) is 0.818. The second-order valence-electron chi connectivity index (χ2n) is 4.59. The Hall–Kier alpha value is -1.15. The number of carboxylic acid groups (broad SMARTS) is 1. The number of carbonyl (C=O) groups excluding carboxylic acids is 1. The van der Waals surface area contributed by atoms with Crippen LogP contribution in [0.3, 0.4) is 0 Å². The van der Waals surface area contributed by atoms with E-state index in [0.29, 0.717) is 13.0 Å². The monoisotopic (exact) mass is 292 g/mol. The lowest BCUT2D eigenvalue weighted by Gasteiger charge is -2.33. The van der Waals surface area contributed by atoms with Crippen LogP contribution in [-0.4, -0.2) is 54.1 Å². The van der Waals surface area contributed by atoms with Crippen LogP contribution in [0.4, 0.5) is 0 Å². The Morgan fingerprint density at radius 3 is 2.58 bits per heavy atom. The zero-order chi connectivity index (χ0) is 14.6. The maximum absolute atomic E-state index is 12.0. The van der Waals surface area contributed by atoms with Crippen LogP contribution in [-0.2, 0) is 19.6 Å². The second-order valence-corrected chi connectivity index (χ2v) is 6.80. The van der Waals surface area contributed by atoms with E-state index in [1.165, 1.54) is 18.2 Å². The SMILES string of the molecule is CCS(=O)(=O)N1CCCCC1C(=O)NC(C)C(=O)O. The van der Waals surface area contributed by atoms with Crippen LogP contribution in [0.25, 0.3) is 0 Å². The van der Waals surface area contributed by atoms with Gasteiger partial charge in [-0.2, -0.15) is 4.31 Å². The quantitative estimate of drug-likeness (QED) is 0.729. The molecule has 1 aliphatic heterocycles. The standard InChI is InChI=1S/C11H20N2O5S/c1-3-19(17,18)13-7-5-4-6-9(13)10(14)12-8(2)11(15)16/h8-9H,3-7H2,1-2H3,(H,12,14)(H,15,16). The lowest BCUT2D eigenvalue weighted by Crippen LogP contribution is -2.54. The van der Waals surface area contributed by atoms with Crippen molar-refractivity contribution in [2.24, 2.45) is 0 Å². The Kier molecular flexibility index (Phi) is 5.30. The molecule has 0 aromatic rings. The molecule has 0 bridgehead atoms. The van der Waals surface area contributed by atoms with Gasteiger partial charge in [-0.25, -0.2) is 8.42 Å². The number of nitrogens with zero attached hydrogens (tertiary/aromatic N) is 1. The van der Waals surface area contributed by atoms with Gasteiger partial charge < -0.3 is 10.4 Å². The highest BCUT2D eigenvalue weighted by Gasteiger charge is 2.36. The van der Waals surface area contributed by atoms with Gasteiger partial charge in [-0.1, -0.05) is 6.42 Å². The molecule has 19 heavy (non-hydrogen) atoms. The molecule has 1 heterocycles. The topological polar surface area (TPSA) is 104 Å². The Bertz CT molecular complexity index is 448. The third kappa shape index (κ3) is 3.90. The van der Waals surface area contributed by atoms with Gasteiger partial charge in [-0.15, -0.1) is 0 Å². The zero-order valence-electron chi connectivity index (χ0n) is 11.1. The average Bonchev–Trinajstić information content (AvgIpc) is 2.38. The number of amides is 1. The molecule has 0 aromatic carbocycles. The summed E-state index contributed by atoms with van der Waals surface area (Å²) in [5.41, 5.74) is 0. The predicted molar refractivity (Wildman–Crippen MR) is 69.0 cm³/mol. The molecule has 0 aromatic heterocycles. The molecule has 1 amide bonds. The van der Waals surface area contributed by atoms with Crippen molar-refractivity contribution < 1.29 is 23.1 Å². The molecule has 1 fully saturated rings. The molecule has 2 atom stereocenters. The van der Waals surface area contributed by atoms with Crippen LogP contribution in [0.2, 0.25) is 0 Å². The van der Waals surface area contributed by atoms with Crippen LogP contribution in [0.1, 0.15) is 33.1 Å². The molecule has 0 spiro atoms. The van der Waals surface area contributed by atoms with Crippen molar-refractivity contribution in [3.63, 3.8) is 0 Å². The van der Waals surface area contributed by atoms with Gasteiger partial charge in [0.25, 0.3) is 0 Å². The molecular formula is C11H20N2O5S. The van der Waals surface area contributed by atoms with E-state index in [1.807, 2.05) is 0 Å². The molecule has 8 heteroatoms. The fourth-order valence-corrected chi connectivity index (χ4v) is 3.36. The third-order valence-corrected chi connectivity index (χ3v) is 5.09. The summed E-state index contributed by atoms with van der Waals surface area (Å²) in [5.74, 6) is -1.74. The molecule has 1 saturated heterocycles. The van der Waals surface area contributed by atoms with E-state index in [2.05, 4.69) is 5.32 Å². The minimum atomic E-state index is -3.45. The van der Waals surface area contributed by atoms with Crippen LogP contribution >= 0.6 is 0 Å². The number of carboxylic acids is 1. The Balaban J connectivity index is 2.83. The van der Waals surface area contributed by atoms with Gasteiger partial charge >= 0.3 is 5.97 Å². The maximum atomic E-state index is 12.0. The van der Waals surface area contributed by atoms with E-state index in [9.17, 15) is 18.0 Å². The van der Waals surface area contributed by atoms with Crippen LogP contribution < -0.4 is 5.32 Å². The normalized spacial score (nSPS) is 22.7. The number of sulfonamides is 1. The number of aliphatic carboxylic acids is 1.